The Morgan fingerprint density at radius 1 is 1.35 bits per heavy atom. The molecule has 0 saturated heterocycles. The molecule has 0 aliphatic heterocycles. The molecule has 102 valence electrons. The number of aliphatic carboxylic acids is 1. The Hall–Kier alpha value is -0.690. The Morgan fingerprint density at radius 3 is 2.35 bits per heavy atom. The van der Waals surface area contributed by atoms with Gasteiger partial charge in [-0.1, -0.05) is 13.8 Å². The van der Waals surface area contributed by atoms with E-state index in [9.17, 15) is 17.6 Å². The van der Waals surface area contributed by atoms with E-state index in [1.165, 1.54) is 0 Å². The molecule has 0 aromatic rings. The summed E-state index contributed by atoms with van der Waals surface area (Å²) < 4.78 is 37.0. The molecule has 1 atom stereocenters. The summed E-state index contributed by atoms with van der Waals surface area (Å²) in [7, 11) is -3.64. The first-order valence-electron chi connectivity index (χ1n) is 5.57. The van der Waals surface area contributed by atoms with Crippen LogP contribution in [0.4, 0.5) is 4.39 Å². The van der Waals surface area contributed by atoms with Crippen LogP contribution in [0.1, 0.15) is 33.1 Å². The van der Waals surface area contributed by atoms with Crippen LogP contribution in [0, 0.1) is 5.92 Å². The highest BCUT2D eigenvalue weighted by Gasteiger charge is 2.24. The largest absolute Gasteiger partial charge is 0.480 e. The maximum Gasteiger partial charge on any atom is 0.321 e. The fourth-order valence-electron chi connectivity index (χ4n) is 1.33. The van der Waals surface area contributed by atoms with E-state index >= 15 is 0 Å². The van der Waals surface area contributed by atoms with Crippen molar-refractivity contribution in [3.63, 3.8) is 0 Å². The predicted octanol–water partition coefficient (Wildman–Crippen LogP) is 1.15. The topological polar surface area (TPSA) is 83.5 Å². The van der Waals surface area contributed by atoms with Gasteiger partial charge in [0.25, 0.3) is 0 Å². The number of rotatable bonds is 9. The lowest BCUT2D eigenvalue weighted by molar-refractivity contribution is -0.139. The van der Waals surface area contributed by atoms with Crippen LogP contribution >= 0.6 is 0 Å². The molecule has 0 aliphatic carbocycles. The van der Waals surface area contributed by atoms with Crippen LogP contribution in [0.2, 0.25) is 0 Å². The summed E-state index contributed by atoms with van der Waals surface area (Å²) >= 11 is 0. The lowest BCUT2D eigenvalue weighted by Crippen LogP contribution is -2.42. The number of carboxylic acid groups (broad SMARTS) is 1. The molecule has 17 heavy (non-hydrogen) atoms. The number of carbonyl (C=O) groups is 1. The van der Waals surface area contributed by atoms with Gasteiger partial charge in [0.05, 0.1) is 12.4 Å². The number of carboxylic acids is 1. The van der Waals surface area contributed by atoms with Gasteiger partial charge in [0.15, 0.2) is 0 Å². The molecule has 5 nitrogen and oxygen atoms in total. The summed E-state index contributed by atoms with van der Waals surface area (Å²) in [5.41, 5.74) is 0. The molecule has 7 heteroatoms. The summed E-state index contributed by atoms with van der Waals surface area (Å²) in [6.45, 7) is 3.06. The van der Waals surface area contributed by atoms with Gasteiger partial charge in [0.2, 0.25) is 10.0 Å². The SMILES string of the molecule is CC(C)C[C@H](NS(=O)(=O)CCCCF)C(=O)O. The molecular formula is C10H20FNO4S. The number of hydrogen-bond acceptors (Lipinski definition) is 3. The fourth-order valence-corrected chi connectivity index (χ4v) is 2.67. The summed E-state index contributed by atoms with van der Waals surface area (Å²) in [6, 6.07) is -1.11. The lowest BCUT2D eigenvalue weighted by Gasteiger charge is -2.16. The van der Waals surface area contributed by atoms with Gasteiger partial charge < -0.3 is 5.11 Å². The van der Waals surface area contributed by atoms with E-state index in [-0.39, 0.29) is 30.9 Å². The minimum Gasteiger partial charge on any atom is -0.480 e. The van der Waals surface area contributed by atoms with Gasteiger partial charge in [-0.25, -0.2) is 13.1 Å². The van der Waals surface area contributed by atoms with E-state index in [0.29, 0.717) is 0 Å². The quantitative estimate of drug-likeness (QED) is 0.615. The van der Waals surface area contributed by atoms with Crippen molar-refractivity contribution in [3.05, 3.63) is 0 Å². The monoisotopic (exact) mass is 269 g/mol. The Bertz CT molecular complexity index is 329. The maximum atomic E-state index is 11.8. The number of nitrogens with one attached hydrogen (secondary N) is 1. The maximum absolute atomic E-state index is 11.8. The van der Waals surface area contributed by atoms with Crippen molar-refractivity contribution in [2.75, 3.05) is 12.4 Å². The van der Waals surface area contributed by atoms with E-state index in [1.807, 2.05) is 13.8 Å². The van der Waals surface area contributed by atoms with Crippen molar-refractivity contribution in [1.82, 2.24) is 4.72 Å². The molecule has 0 heterocycles. The molecule has 0 rings (SSSR count). The van der Waals surface area contributed by atoms with Crippen molar-refractivity contribution in [1.29, 1.82) is 0 Å². The second-order valence-corrected chi connectivity index (χ2v) is 6.23. The van der Waals surface area contributed by atoms with E-state index in [1.54, 1.807) is 0 Å². The number of sulfonamides is 1. The molecular weight excluding hydrogens is 249 g/mol. The van der Waals surface area contributed by atoms with Crippen LogP contribution in [0.5, 0.6) is 0 Å². The molecule has 0 radical (unpaired) electrons. The van der Waals surface area contributed by atoms with E-state index in [4.69, 9.17) is 5.11 Å². The summed E-state index contributed by atoms with van der Waals surface area (Å²) in [5, 5.41) is 8.87. The molecule has 0 aromatic heterocycles. The third-order valence-electron chi connectivity index (χ3n) is 2.12. The van der Waals surface area contributed by atoms with Crippen molar-refractivity contribution in [2.45, 2.75) is 39.2 Å². The van der Waals surface area contributed by atoms with Crippen LogP contribution in [0.15, 0.2) is 0 Å². The predicted molar refractivity (Wildman–Crippen MR) is 63.0 cm³/mol. The van der Waals surface area contributed by atoms with E-state index in [2.05, 4.69) is 4.72 Å². The highest BCUT2D eigenvalue weighted by molar-refractivity contribution is 7.89. The first-order valence-corrected chi connectivity index (χ1v) is 7.22. The van der Waals surface area contributed by atoms with Crippen LogP contribution in [-0.2, 0) is 14.8 Å². The average molecular weight is 269 g/mol. The zero-order valence-electron chi connectivity index (χ0n) is 10.1. The zero-order chi connectivity index (χ0) is 13.5. The highest BCUT2D eigenvalue weighted by atomic mass is 32.2. The number of unbranched alkanes of at least 4 members (excludes halogenated alkanes) is 1. The molecule has 0 saturated carbocycles. The Kier molecular flexibility index (Phi) is 7.29. The first-order chi connectivity index (χ1) is 7.78. The highest BCUT2D eigenvalue weighted by Crippen LogP contribution is 2.07. The third-order valence-corrected chi connectivity index (χ3v) is 3.59. The summed E-state index contributed by atoms with van der Waals surface area (Å²) in [5.74, 6) is -1.35. The average Bonchev–Trinajstić information content (AvgIpc) is 2.15. The van der Waals surface area contributed by atoms with Crippen molar-refractivity contribution in [2.24, 2.45) is 5.92 Å². The molecule has 0 unspecified atom stereocenters. The van der Waals surface area contributed by atoms with Crippen LogP contribution in [0.25, 0.3) is 0 Å². The molecule has 0 amide bonds. The van der Waals surface area contributed by atoms with E-state index < -0.39 is 28.7 Å². The van der Waals surface area contributed by atoms with Gasteiger partial charge in [-0.2, -0.15) is 0 Å². The second kappa shape index (κ2) is 7.60. The minimum absolute atomic E-state index is 0.0737. The van der Waals surface area contributed by atoms with Crippen LogP contribution < -0.4 is 4.72 Å². The van der Waals surface area contributed by atoms with Crippen molar-refractivity contribution >= 4 is 16.0 Å². The standard InChI is InChI=1S/C10H20FNO4S/c1-8(2)7-9(10(13)14)12-17(15,16)6-4-3-5-11/h8-9,12H,3-7H2,1-2H3,(H,13,14)/t9-/m0/s1. The van der Waals surface area contributed by atoms with Crippen LogP contribution in [-0.4, -0.2) is 38.0 Å². The van der Waals surface area contributed by atoms with Crippen molar-refractivity contribution in [3.8, 4) is 0 Å². The molecule has 0 bridgehead atoms. The second-order valence-electron chi connectivity index (χ2n) is 4.35. The van der Waals surface area contributed by atoms with Gasteiger partial charge in [-0.05, 0) is 25.2 Å². The lowest BCUT2D eigenvalue weighted by atomic mass is 10.1. The first kappa shape index (κ1) is 16.3. The Morgan fingerprint density at radius 2 is 1.94 bits per heavy atom. The van der Waals surface area contributed by atoms with Gasteiger partial charge in [0, 0.05) is 0 Å². The van der Waals surface area contributed by atoms with Crippen molar-refractivity contribution < 1.29 is 22.7 Å². The summed E-state index contributed by atoms with van der Waals surface area (Å²) in [6.07, 6.45) is 0.598. The molecule has 0 aliphatic rings. The Balaban J connectivity index is 4.37. The molecule has 0 fully saturated rings. The zero-order valence-corrected chi connectivity index (χ0v) is 11.0. The van der Waals surface area contributed by atoms with Gasteiger partial charge in [-0.3, -0.25) is 9.18 Å². The number of halogens is 1. The third kappa shape index (κ3) is 8.09. The molecule has 0 spiro atoms. The minimum atomic E-state index is -3.64. The fraction of sp³-hybridized carbons (Fsp3) is 0.900. The molecule has 0 aromatic carbocycles. The number of alkyl halides is 1. The Labute approximate surface area is 101 Å². The normalized spacial score (nSPS) is 13.9. The van der Waals surface area contributed by atoms with E-state index in [0.717, 1.165) is 0 Å². The van der Waals surface area contributed by atoms with Gasteiger partial charge in [-0.15, -0.1) is 0 Å². The van der Waals surface area contributed by atoms with Crippen LogP contribution in [0.3, 0.4) is 0 Å². The van der Waals surface area contributed by atoms with Gasteiger partial charge in [0.1, 0.15) is 6.04 Å². The van der Waals surface area contributed by atoms with Gasteiger partial charge >= 0.3 is 5.97 Å². The number of hydrogen-bond donors (Lipinski definition) is 2. The summed E-state index contributed by atoms with van der Waals surface area (Å²) in [4.78, 5) is 10.9. The smallest absolute Gasteiger partial charge is 0.321 e. The molecule has 2 N–H and O–H groups in total.